The number of ether oxygens (including phenoxy) is 3. The van der Waals surface area contributed by atoms with Crippen molar-refractivity contribution in [2.75, 3.05) is 20.8 Å². The van der Waals surface area contributed by atoms with E-state index in [9.17, 15) is 14.4 Å². The number of rotatable bonds is 7. The summed E-state index contributed by atoms with van der Waals surface area (Å²) < 4.78 is 14.4. The molecule has 25 heavy (non-hydrogen) atoms. The van der Waals surface area contributed by atoms with Gasteiger partial charge in [-0.3, -0.25) is 0 Å². The van der Waals surface area contributed by atoms with E-state index in [1.807, 2.05) is 24.3 Å². The highest BCUT2D eigenvalue weighted by Crippen LogP contribution is 2.05. The van der Waals surface area contributed by atoms with Gasteiger partial charge in [-0.25, -0.2) is 14.4 Å². The van der Waals surface area contributed by atoms with E-state index in [0.29, 0.717) is 6.54 Å². The topological polar surface area (TPSA) is 115 Å². The molecule has 0 aliphatic carbocycles. The van der Waals surface area contributed by atoms with Crippen LogP contribution in [0.5, 0.6) is 0 Å². The van der Waals surface area contributed by atoms with Gasteiger partial charge >= 0.3 is 18.3 Å². The minimum absolute atomic E-state index is 0.0399. The monoisotopic (exact) mass is 353 g/mol. The molecule has 0 heterocycles. The van der Waals surface area contributed by atoms with Crippen molar-refractivity contribution in [3.63, 3.8) is 0 Å². The number of hydrogen-bond acceptors (Lipinski definition) is 6. The van der Waals surface area contributed by atoms with E-state index < -0.39 is 24.4 Å². The molecule has 3 N–H and O–H groups in total. The molecule has 1 aromatic carbocycles. The normalized spacial score (nSPS) is 11.0. The number of methoxy groups -OCH3 is 1. The van der Waals surface area contributed by atoms with Crippen molar-refractivity contribution in [3.8, 4) is 0 Å². The molecule has 0 fully saturated rings. The molecule has 1 unspecified atom stereocenters. The summed E-state index contributed by atoms with van der Waals surface area (Å²) in [5.74, 6) is 0. The van der Waals surface area contributed by atoms with Gasteiger partial charge in [0.05, 0.1) is 7.11 Å². The number of carbonyl (C=O) groups excluding carboxylic acids is 3. The molecule has 3 amide bonds. The summed E-state index contributed by atoms with van der Waals surface area (Å²) in [6.07, 6.45) is -2.30. The van der Waals surface area contributed by atoms with Crippen LogP contribution in [-0.4, -0.2) is 45.1 Å². The van der Waals surface area contributed by atoms with Crippen molar-refractivity contribution in [2.24, 2.45) is 0 Å². The van der Waals surface area contributed by atoms with Gasteiger partial charge in [0.25, 0.3) is 0 Å². The SMILES string of the molecule is CNC(=O)OCC(C)OC(=O)NCc1cccc(CNC(=O)OC)c1. The van der Waals surface area contributed by atoms with Crippen LogP contribution < -0.4 is 16.0 Å². The molecular weight excluding hydrogens is 330 g/mol. The van der Waals surface area contributed by atoms with E-state index in [1.54, 1.807) is 6.92 Å². The predicted octanol–water partition coefficient (Wildman–Crippen LogP) is 1.51. The number of benzene rings is 1. The summed E-state index contributed by atoms with van der Waals surface area (Å²) in [4.78, 5) is 33.7. The number of nitrogens with one attached hydrogen (secondary N) is 3. The molecule has 0 spiro atoms. The Balaban J connectivity index is 2.37. The van der Waals surface area contributed by atoms with Crippen LogP contribution in [0.3, 0.4) is 0 Å². The molecule has 0 saturated carbocycles. The molecule has 0 bridgehead atoms. The van der Waals surface area contributed by atoms with Crippen LogP contribution in [0.25, 0.3) is 0 Å². The third-order valence-corrected chi connectivity index (χ3v) is 3.01. The standard InChI is InChI=1S/C16H23N3O6/c1-11(10-24-14(20)17-2)25-16(22)19-9-13-6-4-5-12(7-13)8-18-15(21)23-3/h4-7,11H,8-10H2,1-3H3,(H,17,20)(H,18,21)(H,19,22). The number of amides is 3. The molecule has 9 nitrogen and oxygen atoms in total. The van der Waals surface area contributed by atoms with Crippen LogP contribution in [0.1, 0.15) is 18.1 Å². The first-order chi connectivity index (χ1) is 11.9. The Hall–Kier alpha value is -2.97. The zero-order valence-electron chi connectivity index (χ0n) is 14.5. The molecule has 0 radical (unpaired) electrons. The van der Waals surface area contributed by atoms with Gasteiger partial charge in [-0.2, -0.15) is 0 Å². The van der Waals surface area contributed by atoms with Gasteiger partial charge in [-0.05, 0) is 18.1 Å². The Kier molecular flexibility index (Phi) is 8.62. The van der Waals surface area contributed by atoms with Crippen LogP contribution in [0.2, 0.25) is 0 Å². The zero-order chi connectivity index (χ0) is 18.7. The Morgan fingerprint density at radius 2 is 1.64 bits per heavy atom. The number of hydrogen-bond donors (Lipinski definition) is 3. The van der Waals surface area contributed by atoms with Gasteiger partial charge in [-0.15, -0.1) is 0 Å². The molecule has 1 aromatic rings. The van der Waals surface area contributed by atoms with E-state index in [0.717, 1.165) is 11.1 Å². The summed E-state index contributed by atoms with van der Waals surface area (Å²) in [6, 6.07) is 7.33. The average molecular weight is 353 g/mol. The van der Waals surface area contributed by atoms with Crippen molar-refractivity contribution >= 4 is 18.3 Å². The van der Waals surface area contributed by atoms with Gasteiger partial charge in [0.1, 0.15) is 12.7 Å². The van der Waals surface area contributed by atoms with Crippen molar-refractivity contribution in [3.05, 3.63) is 35.4 Å². The van der Waals surface area contributed by atoms with Gasteiger partial charge in [0.2, 0.25) is 0 Å². The Labute approximate surface area is 146 Å². The lowest BCUT2D eigenvalue weighted by Crippen LogP contribution is -2.31. The molecule has 9 heteroatoms. The van der Waals surface area contributed by atoms with Crippen LogP contribution in [0, 0.1) is 0 Å². The van der Waals surface area contributed by atoms with Gasteiger partial charge in [-0.1, -0.05) is 24.3 Å². The minimum Gasteiger partial charge on any atom is -0.453 e. The van der Waals surface area contributed by atoms with Gasteiger partial charge in [0.15, 0.2) is 0 Å². The lowest BCUT2D eigenvalue weighted by molar-refractivity contribution is 0.0535. The maximum Gasteiger partial charge on any atom is 0.407 e. The lowest BCUT2D eigenvalue weighted by atomic mass is 10.1. The average Bonchev–Trinajstić information content (AvgIpc) is 2.62. The highest BCUT2D eigenvalue weighted by molar-refractivity contribution is 5.68. The van der Waals surface area contributed by atoms with Crippen LogP contribution in [0.4, 0.5) is 14.4 Å². The molecule has 0 aliphatic heterocycles. The maximum atomic E-state index is 11.7. The Morgan fingerprint density at radius 1 is 1.04 bits per heavy atom. The Bertz CT molecular complexity index is 593. The molecule has 1 atom stereocenters. The fraction of sp³-hybridized carbons (Fsp3) is 0.438. The minimum atomic E-state index is -0.619. The van der Waals surface area contributed by atoms with Crippen LogP contribution >= 0.6 is 0 Å². The molecular formula is C16H23N3O6. The summed E-state index contributed by atoms with van der Waals surface area (Å²) in [5.41, 5.74) is 1.71. The third kappa shape index (κ3) is 8.45. The summed E-state index contributed by atoms with van der Waals surface area (Å²) >= 11 is 0. The van der Waals surface area contributed by atoms with E-state index in [1.165, 1.54) is 14.2 Å². The van der Waals surface area contributed by atoms with E-state index in [2.05, 4.69) is 20.7 Å². The van der Waals surface area contributed by atoms with Crippen LogP contribution in [0.15, 0.2) is 24.3 Å². The first kappa shape index (κ1) is 20.1. The van der Waals surface area contributed by atoms with E-state index >= 15 is 0 Å². The molecule has 1 rings (SSSR count). The summed E-state index contributed by atoms with van der Waals surface area (Å²) in [7, 11) is 2.73. The second-order valence-corrected chi connectivity index (χ2v) is 5.08. The number of carbonyl (C=O) groups is 3. The zero-order valence-corrected chi connectivity index (χ0v) is 14.5. The summed E-state index contributed by atoms with van der Waals surface area (Å²) in [5, 5.41) is 7.48. The van der Waals surface area contributed by atoms with Crippen molar-refractivity contribution in [1.82, 2.24) is 16.0 Å². The van der Waals surface area contributed by atoms with E-state index in [-0.39, 0.29) is 13.2 Å². The third-order valence-electron chi connectivity index (χ3n) is 3.01. The molecule has 0 aromatic heterocycles. The highest BCUT2D eigenvalue weighted by atomic mass is 16.6. The first-order valence-corrected chi connectivity index (χ1v) is 7.63. The fourth-order valence-corrected chi connectivity index (χ4v) is 1.79. The molecule has 0 saturated heterocycles. The molecule has 138 valence electrons. The fourth-order valence-electron chi connectivity index (χ4n) is 1.79. The lowest BCUT2D eigenvalue weighted by Gasteiger charge is -2.14. The van der Waals surface area contributed by atoms with Crippen molar-refractivity contribution < 1.29 is 28.6 Å². The van der Waals surface area contributed by atoms with Crippen molar-refractivity contribution in [2.45, 2.75) is 26.1 Å². The number of alkyl carbamates (subject to hydrolysis) is 3. The van der Waals surface area contributed by atoms with Gasteiger partial charge < -0.3 is 30.2 Å². The predicted molar refractivity (Wildman–Crippen MR) is 88.9 cm³/mol. The summed E-state index contributed by atoms with van der Waals surface area (Å²) in [6.45, 7) is 2.15. The van der Waals surface area contributed by atoms with Gasteiger partial charge in [0, 0.05) is 20.1 Å². The highest BCUT2D eigenvalue weighted by Gasteiger charge is 2.11. The maximum absolute atomic E-state index is 11.7. The van der Waals surface area contributed by atoms with Crippen molar-refractivity contribution in [1.29, 1.82) is 0 Å². The van der Waals surface area contributed by atoms with Crippen LogP contribution in [-0.2, 0) is 27.3 Å². The molecule has 0 aliphatic rings. The smallest absolute Gasteiger partial charge is 0.407 e. The largest absolute Gasteiger partial charge is 0.453 e. The van der Waals surface area contributed by atoms with E-state index in [4.69, 9.17) is 9.47 Å². The second kappa shape index (κ2) is 10.7. The second-order valence-electron chi connectivity index (χ2n) is 5.08. The Morgan fingerprint density at radius 3 is 2.20 bits per heavy atom. The first-order valence-electron chi connectivity index (χ1n) is 7.63. The quantitative estimate of drug-likeness (QED) is 0.640.